The van der Waals surface area contributed by atoms with Crippen LogP contribution in [0, 0.1) is 0 Å². The van der Waals surface area contributed by atoms with Gasteiger partial charge in [0.15, 0.2) is 0 Å². The van der Waals surface area contributed by atoms with Crippen LogP contribution in [0.3, 0.4) is 0 Å². The van der Waals surface area contributed by atoms with Gasteiger partial charge in [-0.2, -0.15) is 0 Å². The van der Waals surface area contributed by atoms with Crippen LogP contribution in [0.4, 0.5) is 0 Å². The standard InChI is InChI=1S/C19H25N3O3/c1-20-17-7-4-3-6-15(17)12-16(19(20)24)13-21-8-5-9-22(10-11-25-2)18(23)14-21/h3-4,6-7,12H,5,8-11,13-14H2,1-2H3. The normalized spacial score (nSPS) is 16.4. The van der Waals surface area contributed by atoms with Crippen molar-refractivity contribution in [2.45, 2.75) is 13.0 Å². The lowest BCUT2D eigenvalue weighted by atomic mass is 10.1. The van der Waals surface area contributed by atoms with Gasteiger partial charge in [0.2, 0.25) is 5.91 Å². The Balaban J connectivity index is 1.78. The second-order valence-corrected chi connectivity index (χ2v) is 6.53. The quantitative estimate of drug-likeness (QED) is 0.819. The molecule has 0 atom stereocenters. The van der Waals surface area contributed by atoms with E-state index < -0.39 is 0 Å². The number of aryl methyl sites for hydroxylation is 1. The van der Waals surface area contributed by atoms with Gasteiger partial charge in [0, 0.05) is 45.9 Å². The second kappa shape index (κ2) is 7.80. The van der Waals surface area contributed by atoms with Crippen molar-refractivity contribution >= 4 is 16.8 Å². The second-order valence-electron chi connectivity index (χ2n) is 6.53. The van der Waals surface area contributed by atoms with Crippen molar-refractivity contribution in [3.8, 4) is 0 Å². The molecule has 2 heterocycles. The summed E-state index contributed by atoms with van der Waals surface area (Å²) in [5, 5.41) is 1.04. The smallest absolute Gasteiger partial charge is 0.255 e. The van der Waals surface area contributed by atoms with Crippen LogP contribution in [0.15, 0.2) is 35.1 Å². The number of carbonyl (C=O) groups is 1. The molecule has 1 aliphatic heterocycles. The predicted molar refractivity (Wildman–Crippen MR) is 97.5 cm³/mol. The maximum absolute atomic E-state index is 12.7. The number of rotatable bonds is 5. The first-order valence-corrected chi connectivity index (χ1v) is 8.67. The summed E-state index contributed by atoms with van der Waals surface area (Å²) >= 11 is 0. The van der Waals surface area contributed by atoms with E-state index >= 15 is 0 Å². The molecule has 1 aromatic heterocycles. The van der Waals surface area contributed by atoms with E-state index in [0.29, 0.717) is 26.2 Å². The van der Waals surface area contributed by atoms with E-state index in [9.17, 15) is 9.59 Å². The van der Waals surface area contributed by atoms with Gasteiger partial charge < -0.3 is 14.2 Å². The number of benzene rings is 1. The molecule has 0 radical (unpaired) electrons. The van der Waals surface area contributed by atoms with Gasteiger partial charge in [0.25, 0.3) is 5.56 Å². The molecule has 0 unspecified atom stereocenters. The van der Waals surface area contributed by atoms with Crippen molar-refractivity contribution in [1.29, 1.82) is 0 Å². The fraction of sp³-hybridized carbons (Fsp3) is 0.474. The van der Waals surface area contributed by atoms with Crippen LogP contribution in [0.25, 0.3) is 10.9 Å². The van der Waals surface area contributed by atoms with E-state index in [1.165, 1.54) is 0 Å². The summed E-state index contributed by atoms with van der Waals surface area (Å²) in [4.78, 5) is 29.0. The van der Waals surface area contributed by atoms with Gasteiger partial charge in [0.1, 0.15) is 0 Å². The Labute approximate surface area is 147 Å². The van der Waals surface area contributed by atoms with Crippen molar-refractivity contribution in [2.24, 2.45) is 7.05 Å². The zero-order chi connectivity index (χ0) is 17.8. The Hall–Kier alpha value is -2.18. The van der Waals surface area contributed by atoms with E-state index in [4.69, 9.17) is 4.74 Å². The topological polar surface area (TPSA) is 54.8 Å². The minimum Gasteiger partial charge on any atom is -0.383 e. The largest absolute Gasteiger partial charge is 0.383 e. The fourth-order valence-corrected chi connectivity index (χ4v) is 3.40. The number of ether oxygens (including phenoxy) is 1. The lowest BCUT2D eigenvalue weighted by molar-refractivity contribution is -0.131. The third-order valence-electron chi connectivity index (χ3n) is 4.78. The molecule has 0 spiro atoms. The first kappa shape index (κ1) is 17.6. The molecule has 3 rings (SSSR count). The number of nitrogens with zero attached hydrogens (tertiary/aromatic N) is 3. The van der Waals surface area contributed by atoms with E-state index in [0.717, 1.165) is 36.0 Å². The summed E-state index contributed by atoms with van der Waals surface area (Å²) in [6.07, 6.45) is 0.906. The number of para-hydroxylation sites is 1. The lowest BCUT2D eigenvalue weighted by Crippen LogP contribution is -2.39. The maximum atomic E-state index is 12.7. The zero-order valence-corrected chi connectivity index (χ0v) is 14.9. The summed E-state index contributed by atoms with van der Waals surface area (Å²) in [5.74, 6) is 0.104. The molecular formula is C19H25N3O3. The van der Waals surface area contributed by atoms with Gasteiger partial charge in [-0.1, -0.05) is 18.2 Å². The zero-order valence-electron chi connectivity index (χ0n) is 14.9. The first-order chi connectivity index (χ1) is 12.1. The molecule has 6 nitrogen and oxygen atoms in total. The third kappa shape index (κ3) is 3.91. The van der Waals surface area contributed by atoms with E-state index in [2.05, 4.69) is 4.90 Å². The molecule has 134 valence electrons. The molecule has 1 aromatic carbocycles. The van der Waals surface area contributed by atoms with Crippen LogP contribution in [0.2, 0.25) is 0 Å². The third-order valence-corrected chi connectivity index (χ3v) is 4.78. The molecule has 0 bridgehead atoms. The van der Waals surface area contributed by atoms with Gasteiger partial charge in [-0.3, -0.25) is 14.5 Å². The highest BCUT2D eigenvalue weighted by Crippen LogP contribution is 2.14. The summed E-state index contributed by atoms with van der Waals surface area (Å²) < 4.78 is 6.76. The molecule has 25 heavy (non-hydrogen) atoms. The number of methoxy groups -OCH3 is 1. The van der Waals surface area contributed by atoms with Crippen molar-refractivity contribution in [1.82, 2.24) is 14.4 Å². The Bertz CT molecular complexity index is 815. The van der Waals surface area contributed by atoms with Crippen LogP contribution in [0.5, 0.6) is 0 Å². The number of fused-ring (bicyclic) bond motifs is 1. The van der Waals surface area contributed by atoms with Gasteiger partial charge >= 0.3 is 0 Å². The lowest BCUT2D eigenvalue weighted by Gasteiger charge is -2.21. The average molecular weight is 343 g/mol. The summed E-state index contributed by atoms with van der Waals surface area (Å²) in [7, 11) is 3.44. The molecule has 1 saturated heterocycles. The number of aromatic nitrogens is 1. The molecule has 0 aliphatic carbocycles. The minimum atomic E-state index is 0.00614. The van der Waals surface area contributed by atoms with E-state index in [1.54, 1.807) is 18.7 Å². The van der Waals surface area contributed by atoms with Gasteiger partial charge in [-0.15, -0.1) is 0 Å². The SMILES string of the molecule is COCCN1CCCN(Cc2cc3ccccc3n(C)c2=O)CC1=O. The average Bonchev–Trinajstić information content (AvgIpc) is 2.78. The van der Waals surface area contributed by atoms with Crippen molar-refractivity contribution in [3.63, 3.8) is 0 Å². The summed E-state index contributed by atoms with van der Waals surface area (Å²) in [6.45, 7) is 3.58. The number of carbonyl (C=O) groups excluding carboxylic acids is 1. The molecule has 1 aliphatic rings. The van der Waals surface area contributed by atoms with Crippen LogP contribution in [-0.4, -0.2) is 60.2 Å². The Morgan fingerprint density at radius 2 is 1.96 bits per heavy atom. The highest BCUT2D eigenvalue weighted by Gasteiger charge is 2.22. The Kier molecular flexibility index (Phi) is 5.50. The minimum absolute atomic E-state index is 0.00614. The highest BCUT2D eigenvalue weighted by molar-refractivity contribution is 5.80. The number of hydrogen-bond acceptors (Lipinski definition) is 4. The highest BCUT2D eigenvalue weighted by atomic mass is 16.5. The van der Waals surface area contributed by atoms with Crippen LogP contribution in [-0.2, 0) is 23.1 Å². The fourth-order valence-electron chi connectivity index (χ4n) is 3.40. The summed E-state index contributed by atoms with van der Waals surface area (Å²) in [6, 6.07) is 9.82. The van der Waals surface area contributed by atoms with Crippen LogP contribution >= 0.6 is 0 Å². The monoisotopic (exact) mass is 343 g/mol. The molecular weight excluding hydrogens is 318 g/mol. The Morgan fingerprint density at radius 3 is 2.76 bits per heavy atom. The van der Waals surface area contributed by atoms with Crippen LogP contribution in [0.1, 0.15) is 12.0 Å². The van der Waals surface area contributed by atoms with E-state index in [-0.39, 0.29) is 11.5 Å². The number of amides is 1. The first-order valence-electron chi connectivity index (χ1n) is 8.67. The molecule has 0 saturated carbocycles. The van der Waals surface area contributed by atoms with Crippen molar-refractivity contribution in [3.05, 3.63) is 46.2 Å². The van der Waals surface area contributed by atoms with Crippen molar-refractivity contribution in [2.75, 3.05) is 39.9 Å². The molecule has 1 amide bonds. The van der Waals surface area contributed by atoms with E-state index in [1.807, 2.05) is 35.2 Å². The van der Waals surface area contributed by atoms with Gasteiger partial charge in [-0.05, 0) is 23.9 Å². The molecule has 1 fully saturated rings. The van der Waals surface area contributed by atoms with Crippen molar-refractivity contribution < 1.29 is 9.53 Å². The van der Waals surface area contributed by atoms with Crippen LogP contribution < -0.4 is 5.56 Å². The summed E-state index contributed by atoms with van der Waals surface area (Å²) in [5.41, 5.74) is 1.67. The number of pyridine rings is 1. The van der Waals surface area contributed by atoms with Gasteiger partial charge in [-0.25, -0.2) is 0 Å². The van der Waals surface area contributed by atoms with Gasteiger partial charge in [0.05, 0.1) is 18.7 Å². The Morgan fingerprint density at radius 1 is 1.16 bits per heavy atom. The maximum Gasteiger partial charge on any atom is 0.255 e. The molecule has 6 heteroatoms. The molecule has 0 N–H and O–H groups in total. The molecule has 2 aromatic rings. The predicted octanol–water partition coefficient (Wildman–Crippen LogP) is 1.22. The number of hydrogen-bond donors (Lipinski definition) is 0.